The summed E-state index contributed by atoms with van der Waals surface area (Å²) in [5, 5.41) is 4.90. The molecule has 0 rings (SSSR count). The smallest absolute Gasteiger partial charge is 0.407 e. The first-order valence-corrected chi connectivity index (χ1v) is 11.8. The summed E-state index contributed by atoms with van der Waals surface area (Å²) in [6.07, 6.45) is 11.3. The lowest BCUT2D eigenvalue weighted by Crippen LogP contribution is -2.38. The molecule has 0 aromatic carbocycles. The fourth-order valence-electron chi connectivity index (χ4n) is 2.30. The van der Waals surface area contributed by atoms with E-state index in [2.05, 4.69) is 50.1 Å². The van der Waals surface area contributed by atoms with E-state index < -0.39 is 18.0 Å². The summed E-state index contributed by atoms with van der Waals surface area (Å²) >= 11 is 0. The summed E-state index contributed by atoms with van der Waals surface area (Å²) in [6, 6.07) is 0. The van der Waals surface area contributed by atoms with Gasteiger partial charge in [0.25, 0.3) is 0 Å². The summed E-state index contributed by atoms with van der Waals surface area (Å²) in [4.78, 5) is 34.7. The summed E-state index contributed by atoms with van der Waals surface area (Å²) in [7, 11) is 0. The highest BCUT2D eigenvalue weighted by atomic mass is 16.5. The molecule has 0 aliphatic heterocycles. The minimum atomic E-state index is -0.669. The second-order valence-electron chi connectivity index (χ2n) is 6.64. The number of ether oxygens (including phenoxy) is 2. The predicted octanol–water partition coefficient (Wildman–Crippen LogP) is 6.24. The largest absolute Gasteiger partial charge is 0.461 e. The van der Waals surface area contributed by atoms with Crippen LogP contribution in [-0.2, 0) is 19.1 Å². The van der Waals surface area contributed by atoms with E-state index in [0.29, 0.717) is 0 Å². The van der Waals surface area contributed by atoms with Crippen LogP contribution in [0.4, 0.5) is 4.79 Å². The van der Waals surface area contributed by atoms with Gasteiger partial charge in [-0.1, -0.05) is 62.1 Å². The number of allylic oxidation sites excluding steroid dienone is 6. The fraction of sp³-hybridized carbons (Fsp3) is 0.414. The molecule has 204 valence electrons. The quantitative estimate of drug-likeness (QED) is 0.176. The van der Waals surface area contributed by atoms with Crippen LogP contribution in [0.15, 0.2) is 87.1 Å². The van der Waals surface area contributed by atoms with Gasteiger partial charge < -0.3 is 20.1 Å². The lowest BCUT2D eigenvalue weighted by Gasteiger charge is -2.18. The molecule has 0 fully saturated rings. The molecule has 2 amide bonds. The van der Waals surface area contributed by atoms with Crippen molar-refractivity contribution in [3.05, 3.63) is 87.1 Å². The van der Waals surface area contributed by atoms with Crippen molar-refractivity contribution in [1.29, 1.82) is 0 Å². The zero-order valence-electron chi connectivity index (χ0n) is 23.1. The van der Waals surface area contributed by atoms with Crippen LogP contribution in [0.3, 0.4) is 0 Å². The van der Waals surface area contributed by atoms with Crippen molar-refractivity contribution in [2.75, 3.05) is 26.3 Å². The number of nitrogens with one attached hydrogen (secondary N) is 2. The Labute approximate surface area is 219 Å². The molecule has 0 aromatic heterocycles. The van der Waals surface area contributed by atoms with Crippen LogP contribution in [0.25, 0.3) is 0 Å². The van der Waals surface area contributed by atoms with Crippen LogP contribution in [0, 0.1) is 5.92 Å². The highest BCUT2D eigenvalue weighted by Gasteiger charge is 2.14. The molecule has 0 aliphatic carbocycles. The highest BCUT2D eigenvalue weighted by molar-refractivity contribution is 5.82. The van der Waals surface area contributed by atoms with Crippen molar-refractivity contribution >= 4 is 18.0 Å². The van der Waals surface area contributed by atoms with Crippen molar-refractivity contribution in [3.8, 4) is 0 Å². The number of hydrogen-bond donors (Lipinski definition) is 2. The summed E-state index contributed by atoms with van der Waals surface area (Å²) in [5.41, 5.74) is 2.09. The molecule has 2 N–H and O–H groups in total. The first kappa shape index (κ1) is 39.6. The van der Waals surface area contributed by atoms with E-state index in [1.807, 2.05) is 58.9 Å². The van der Waals surface area contributed by atoms with E-state index >= 15 is 0 Å². The van der Waals surface area contributed by atoms with Gasteiger partial charge in [-0.2, -0.15) is 0 Å². The summed E-state index contributed by atoms with van der Waals surface area (Å²) < 4.78 is 10.0. The van der Waals surface area contributed by atoms with Crippen LogP contribution in [0.5, 0.6) is 0 Å². The third kappa shape index (κ3) is 25.0. The molecule has 0 bridgehead atoms. The van der Waals surface area contributed by atoms with E-state index in [1.54, 1.807) is 6.08 Å². The molecule has 0 spiro atoms. The number of amides is 2. The van der Waals surface area contributed by atoms with Gasteiger partial charge in [0.05, 0.1) is 19.6 Å². The third-order valence-electron chi connectivity index (χ3n) is 4.28. The van der Waals surface area contributed by atoms with Crippen LogP contribution < -0.4 is 10.6 Å². The summed E-state index contributed by atoms with van der Waals surface area (Å²) in [5.74, 6) is -0.789. The maximum Gasteiger partial charge on any atom is 0.407 e. The van der Waals surface area contributed by atoms with Gasteiger partial charge in [-0.3, -0.25) is 9.59 Å². The van der Waals surface area contributed by atoms with Gasteiger partial charge in [-0.25, -0.2) is 4.79 Å². The van der Waals surface area contributed by atoms with Gasteiger partial charge in [0.1, 0.15) is 6.61 Å². The molecule has 0 aliphatic rings. The van der Waals surface area contributed by atoms with Gasteiger partial charge in [0, 0.05) is 12.5 Å². The number of carbonyl (C=O) groups is 3. The number of hydrogen-bond acceptors (Lipinski definition) is 5. The van der Waals surface area contributed by atoms with E-state index in [9.17, 15) is 14.4 Å². The van der Waals surface area contributed by atoms with E-state index in [-0.39, 0.29) is 38.6 Å². The minimum Gasteiger partial charge on any atom is -0.461 e. The molecular formula is C29H48N2O5. The lowest BCUT2D eigenvalue weighted by atomic mass is 9.93. The first-order chi connectivity index (χ1) is 17.3. The van der Waals surface area contributed by atoms with E-state index in [0.717, 1.165) is 17.6 Å². The number of esters is 1. The van der Waals surface area contributed by atoms with Gasteiger partial charge in [0.15, 0.2) is 0 Å². The van der Waals surface area contributed by atoms with Crippen LogP contribution in [0.1, 0.15) is 47.5 Å². The Morgan fingerprint density at radius 1 is 0.917 bits per heavy atom. The molecule has 1 atom stereocenters. The van der Waals surface area contributed by atoms with Crippen molar-refractivity contribution in [1.82, 2.24) is 10.6 Å². The van der Waals surface area contributed by atoms with Gasteiger partial charge in [-0.15, -0.1) is 26.3 Å². The molecule has 7 nitrogen and oxygen atoms in total. The van der Waals surface area contributed by atoms with Crippen molar-refractivity contribution in [3.63, 3.8) is 0 Å². The second-order valence-corrected chi connectivity index (χ2v) is 6.64. The Balaban J connectivity index is -0.000000564. The Morgan fingerprint density at radius 2 is 1.50 bits per heavy atom. The standard InChI is InChI=1S/C21H32N2O5.C4H8.2C2H4/c1-6-10-17(8-3)16(5)18(9-4)15-28-21(26)23-14-19(24)22-12-11-20(25)27-13-7-2;1-3-4-2;2*1-2/h6-8,10,18H,2-3,9,11-15H2,1,4-5H3,(H,22,24)(H,23,26);3-4H,1-2H3;2*1-2H2/b10-6-,17-16+;4-3-;;. The van der Waals surface area contributed by atoms with Crippen molar-refractivity contribution in [2.45, 2.75) is 47.5 Å². The molecule has 0 saturated heterocycles. The molecule has 7 heteroatoms. The second kappa shape index (κ2) is 31.4. The average Bonchev–Trinajstić information content (AvgIpc) is 2.91. The van der Waals surface area contributed by atoms with E-state index in [1.165, 1.54) is 6.08 Å². The monoisotopic (exact) mass is 504 g/mol. The molecule has 0 radical (unpaired) electrons. The third-order valence-corrected chi connectivity index (χ3v) is 4.28. The highest BCUT2D eigenvalue weighted by Crippen LogP contribution is 2.20. The van der Waals surface area contributed by atoms with E-state index in [4.69, 9.17) is 9.47 Å². The lowest BCUT2D eigenvalue weighted by molar-refractivity contribution is -0.142. The molecule has 0 saturated carbocycles. The Hall–Kier alpha value is -3.61. The SMILES string of the molecule is C/C=C\C.C=C.C=C.C=CCOC(=O)CCNC(=O)CNC(=O)OCC(CC)/C(C)=C(C=C)/C=C\C. The number of alkyl carbamates (subject to hydrolysis) is 1. The van der Waals surface area contributed by atoms with Crippen molar-refractivity contribution < 1.29 is 23.9 Å². The Morgan fingerprint density at radius 3 is 1.94 bits per heavy atom. The van der Waals surface area contributed by atoms with Crippen LogP contribution in [0.2, 0.25) is 0 Å². The minimum absolute atomic E-state index is 0.0473. The normalized spacial score (nSPS) is 11.0. The first-order valence-electron chi connectivity index (χ1n) is 11.8. The van der Waals surface area contributed by atoms with Gasteiger partial charge >= 0.3 is 12.1 Å². The fourth-order valence-corrected chi connectivity index (χ4v) is 2.30. The van der Waals surface area contributed by atoms with Crippen LogP contribution >= 0.6 is 0 Å². The molecule has 0 aromatic rings. The number of carbonyl (C=O) groups excluding carboxylic acids is 3. The Kier molecular flexibility index (Phi) is 34.5. The van der Waals surface area contributed by atoms with Crippen LogP contribution in [-0.4, -0.2) is 44.3 Å². The van der Waals surface area contributed by atoms with Crippen molar-refractivity contribution in [2.24, 2.45) is 5.92 Å². The zero-order chi connectivity index (χ0) is 28.8. The molecular weight excluding hydrogens is 456 g/mol. The Bertz CT molecular complexity index is 702. The summed E-state index contributed by atoms with van der Waals surface area (Å²) in [6.45, 7) is 29.4. The maximum absolute atomic E-state index is 11.8. The topological polar surface area (TPSA) is 93.7 Å². The zero-order valence-corrected chi connectivity index (χ0v) is 23.1. The average molecular weight is 505 g/mol. The number of rotatable bonds is 13. The van der Waals surface area contributed by atoms with Gasteiger partial charge in [-0.05, 0) is 39.7 Å². The molecule has 0 heterocycles. The maximum atomic E-state index is 11.8. The predicted molar refractivity (Wildman–Crippen MR) is 153 cm³/mol. The molecule has 1 unspecified atom stereocenters. The van der Waals surface area contributed by atoms with Gasteiger partial charge in [0.2, 0.25) is 5.91 Å². The molecule has 36 heavy (non-hydrogen) atoms.